The lowest BCUT2D eigenvalue weighted by Gasteiger charge is -2.09. The topological polar surface area (TPSA) is 68.0 Å². The SMILES string of the molecule is Cc1ccncc1CNC(=O)c1cc(Br)ccc1N. The van der Waals surface area contributed by atoms with Crippen LogP contribution >= 0.6 is 15.9 Å². The Morgan fingerprint density at radius 3 is 2.95 bits per heavy atom. The highest BCUT2D eigenvalue weighted by Gasteiger charge is 2.10. The average molecular weight is 320 g/mol. The molecule has 5 heteroatoms. The van der Waals surface area contributed by atoms with Crippen molar-refractivity contribution in [3.05, 3.63) is 57.8 Å². The van der Waals surface area contributed by atoms with Crippen molar-refractivity contribution in [1.82, 2.24) is 10.3 Å². The number of aromatic nitrogens is 1. The van der Waals surface area contributed by atoms with E-state index in [1.807, 2.05) is 13.0 Å². The van der Waals surface area contributed by atoms with Crippen molar-refractivity contribution in [3.63, 3.8) is 0 Å². The molecule has 98 valence electrons. The van der Waals surface area contributed by atoms with Gasteiger partial charge in [-0.3, -0.25) is 9.78 Å². The highest BCUT2D eigenvalue weighted by atomic mass is 79.9. The van der Waals surface area contributed by atoms with Gasteiger partial charge in [0.1, 0.15) is 0 Å². The Labute approximate surface area is 120 Å². The lowest BCUT2D eigenvalue weighted by Crippen LogP contribution is -2.24. The van der Waals surface area contributed by atoms with E-state index in [1.54, 1.807) is 30.6 Å². The first kappa shape index (κ1) is 13.5. The van der Waals surface area contributed by atoms with E-state index in [-0.39, 0.29) is 5.91 Å². The molecule has 0 spiro atoms. The van der Waals surface area contributed by atoms with Crippen LogP contribution in [-0.4, -0.2) is 10.9 Å². The second-order valence-corrected chi connectivity index (χ2v) is 5.13. The second-order valence-electron chi connectivity index (χ2n) is 4.22. The van der Waals surface area contributed by atoms with Gasteiger partial charge in [0.15, 0.2) is 0 Å². The van der Waals surface area contributed by atoms with Crippen LogP contribution in [0.25, 0.3) is 0 Å². The van der Waals surface area contributed by atoms with Crippen LogP contribution < -0.4 is 11.1 Å². The van der Waals surface area contributed by atoms with Crippen LogP contribution in [0, 0.1) is 6.92 Å². The van der Waals surface area contributed by atoms with Crippen molar-refractivity contribution >= 4 is 27.5 Å². The summed E-state index contributed by atoms with van der Waals surface area (Å²) < 4.78 is 0.824. The second kappa shape index (κ2) is 5.84. The van der Waals surface area contributed by atoms with Crippen LogP contribution in [0.4, 0.5) is 5.69 Å². The predicted octanol–water partition coefficient (Wildman–Crippen LogP) is 2.66. The van der Waals surface area contributed by atoms with E-state index in [0.717, 1.165) is 15.6 Å². The molecule has 0 saturated carbocycles. The Kier molecular flexibility index (Phi) is 4.16. The Hall–Kier alpha value is -1.88. The molecule has 1 heterocycles. The van der Waals surface area contributed by atoms with E-state index in [2.05, 4.69) is 26.2 Å². The number of carbonyl (C=O) groups is 1. The molecule has 1 aromatic carbocycles. The number of nitrogens with zero attached hydrogens (tertiary/aromatic N) is 1. The molecule has 0 aliphatic rings. The van der Waals surface area contributed by atoms with Gasteiger partial charge in [-0.15, -0.1) is 0 Å². The Morgan fingerprint density at radius 1 is 1.42 bits per heavy atom. The van der Waals surface area contributed by atoms with Crippen LogP contribution in [0.3, 0.4) is 0 Å². The first-order chi connectivity index (χ1) is 9.08. The molecule has 0 aliphatic carbocycles. The number of halogens is 1. The van der Waals surface area contributed by atoms with Crippen molar-refractivity contribution in [2.24, 2.45) is 0 Å². The summed E-state index contributed by atoms with van der Waals surface area (Å²) in [5.74, 6) is -0.193. The lowest BCUT2D eigenvalue weighted by atomic mass is 10.1. The van der Waals surface area contributed by atoms with Gasteiger partial charge in [0, 0.05) is 29.1 Å². The maximum absolute atomic E-state index is 12.1. The zero-order valence-corrected chi connectivity index (χ0v) is 12.1. The maximum atomic E-state index is 12.1. The fraction of sp³-hybridized carbons (Fsp3) is 0.143. The normalized spacial score (nSPS) is 10.2. The zero-order chi connectivity index (χ0) is 13.8. The third-order valence-electron chi connectivity index (χ3n) is 2.85. The molecular weight excluding hydrogens is 306 g/mol. The third kappa shape index (κ3) is 3.32. The number of amides is 1. The Balaban J connectivity index is 2.10. The number of carbonyl (C=O) groups excluding carboxylic acids is 1. The first-order valence-corrected chi connectivity index (χ1v) is 6.60. The summed E-state index contributed by atoms with van der Waals surface area (Å²) in [6, 6.07) is 7.13. The van der Waals surface area contributed by atoms with Gasteiger partial charge >= 0.3 is 0 Å². The molecule has 0 radical (unpaired) electrons. The van der Waals surface area contributed by atoms with E-state index in [1.165, 1.54) is 0 Å². The van der Waals surface area contributed by atoms with E-state index < -0.39 is 0 Å². The molecule has 19 heavy (non-hydrogen) atoms. The fourth-order valence-electron chi connectivity index (χ4n) is 1.68. The number of nitrogens with one attached hydrogen (secondary N) is 1. The predicted molar refractivity (Wildman–Crippen MR) is 78.7 cm³/mol. The van der Waals surface area contributed by atoms with E-state index in [9.17, 15) is 4.79 Å². The molecule has 0 saturated heterocycles. The van der Waals surface area contributed by atoms with Crippen molar-refractivity contribution in [2.45, 2.75) is 13.5 Å². The van der Waals surface area contributed by atoms with E-state index in [4.69, 9.17) is 5.73 Å². The minimum absolute atomic E-state index is 0.193. The average Bonchev–Trinajstić information content (AvgIpc) is 2.40. The summed E-state index contributed by atoms with van der Waals surface area (Å²) >= 11 is 3.33. The van der Waals surface area contributed by atoms with Crippen LogP contribution in [0.15, 0.2) is 41.1 Å². The van der Waals surface area contributed by atoms with Crippen molar-refractivity contribution < 1.29 is 4.79 Å². The van der Waals surface area contributed by atoms with Gasteiger partial charge in [-0.25, -0.2) is 0 Å². The molecule has 0 aliphatic heterocycles. The molecule has 1 aromatic heterocycles. The number of hydrogen-bond donors (Lipinski definition) is 2. The minimum Gasteiger partial charge on any atom is -0.398 e. The summed E-state index contributed by atoms with van der Waals surface area (Å²) in [5, 5.41) is 2.84. The molecule has 1 amide bonds. The summed E-state index contributed by atoms with van der Waals surface area (Å²) in [7, 11) is 0. The summed E-state index contributed by atoms with van der Waals surface area (Å²) in [6.07, 6.45) is 3.48. The van der Waals surface area contributed by atoms with E-state index in [0.29, 0.717) is 17.8 Å². The zero-order valence-electron chi connectivity index (χ0n) is 10.5. The molecule has 0 fully saturated rings. The Morgan fingerprint density at radius 2 is 2.21 bits per heavy atom. The summed E-state index contributed by atoms with van der Waals surface area (Å²) in [4.78, 5) is 16.1. The van der Waals surface area contributed by atoms with Crippen molar-refractivity contribution in [3.8, 4) is 0 Å². The van der Waals surface area contributed by atoms with Crippen molar-refractivity contribution in [1.29, 1.82) is 0 Å². The first-order valence-electron chi connectivity index (χ1n) is 5.80. The largest absolute Gasteiger partial charge is 0.398 e. The van der Waals surface area contributed by atoms with Crippen LogP contribution in [0.2, 0.25) is 0 Å². The van der Waals surface area contributed by atoms with Gasteiger partial charge < -0.3 is 11.1 Å². The number of pyridine rings is 1. The number of anilines is 1. The van der Waals surface area contributed by atoms with Gasteiger partial charge in [-0.1, -0.05) is 15.9 Å². The van der Waals surface area contributed by atoms with Gasteiger partial charge in [0.2, 0.25) is 0 Å². The van der Waals surface area contributed by atoms with Gasteiger partial charge in [-0.2, -0.15) is 0 Å². The summed E-state index contributed by atoms with van der Waals surface area (Å²) in [6.45, 7) is 2.42. The number of benzene rings is 1. The van der Waals surface area contributed by atoms with Gasteiger partial charge in [-0.05, 0) is 42.3 Å². The molecule has 4 nitrogen and oxygen atoms in total. The van der Waals surface area contributed by atoms with Gasteiger partial charge in [0.25, 0.3) is 5.91 Å². The number of rotatable bonds is 3. The molecule has 0 atom stereocenters. The van der Waals surface area contributed by atoms with Crippen LogP contribution in [0.5, 0.6) is 0 Å². The monoisotopic (exact) mass is 319 g/mol. The highest BCUT2D eigenvalue weighted by Crippen LogP contribution is 2.18. The summed E-state index contributed by atoms with van der Waals surface area (Å²) in [5.41, 5.74) is 8.81. The van der Waals surface area contributed by atoms with E-state index >= 15 is 0 Å². The number of nitrogen functional groups attached to an aromatic ring is 1. The molecular formula is C14H14BrN3O. The quantitative estimate of drug-likeness (QED) is 0.855. The number of hydrogen-bond acceptors (Lipinski definition) is 3. The molecule has 3 N–H and O–H groups in total. The fourth-order valence-corrected chi connectivity index (χ4v) is 2.04. The number of aryl methyl sites for hydroxylation is 1. The van der Waals surface area contributed by atoms with Crippen LogP contribution in [0.1, 0.15) is 21.5 Å². The molecule has 2 rings (SSSR count). The van der Waals surface area contributed by atoms with Crippen LogP contribution in [-0.2, 0) is 6.54 Å². The highest BCUT2D eigenvalue weighted by molar-refractivity contribution is 9.10. The maximum Gasteiger partial charge on any atom is 0.253 e. The Bertz CT molecular complexity index is 613. The standard InChI is InChI=1S/C14H14BrN3O/c1-9-4-5-17-7-10(9)8-18-14(19)12-6-11(15)2-3-13(12)16/h2-7H,8,16H2,1H3,(H,18,19). The molecule has 0 unspecified atom stereocenters. The number of nitrogens with two attached hydrogens (primary N) is 1. The lowest BCUT2D eigenvalue weighted by molar-refractivity contribution is 0.0951. The van der Waals surface area contributed by atoms with Gasteiger partial charge in [0.05, 0.1) is 5.56 Å². The van der Waals surface area contributed by atoms with Crippen molar-refractivity contribution in [2.75, 3.05) is 5.73 Å². The molecule has 0 bridgehead atoms. The minimum atomic E-state index is -0.193. The molecule has 2 aromatic rings. The smallest absolute Gasteiger partial charge is 0.253 e. The third-order valence-corrected chi connectivity index (χ3v) is 3.34.